The quantitative estimate of drug-likeness (QED) is 0.686. The summed E-state index contributed by atoms with van der Waals surface area (Å²) in [5.74, 6) is 0.907. The minimum atomic E-state index is -0.462. The second-order valence-electron chi connectivity index (χ2n) is 5.52. The third-order valence-corrected chi connectivity index (χ3v) is 5.25. The van der Waals surface area contributed by atoms with Gasteiger partial charge in [0.1, 0.15) is 4.87 Å². The number of ether oxygens (including phenoxy) is 1. The number of hydrogen-bond acceptors (Lipinski definition) is 2. The molecular weight excluding hydrogens is 274 g/mol. The summed E-state index contributed by atoms with van der Waals surface area (Å²) in [6, 6.07) is 9.65. The zero-order valence-electron chi connectivity index (χ0n) is 11.6. The first-order chi connectivity index (χ1) is 9.57. The Hall–Kier alpha value is -1.48. The Balaban J connectivity index is 1.79. The largest absolute Gasteiger partial charge is 0.463 e. The number of nitrogens with one attached hydrogen (secondary N) is 1. The van der Waals surface area contributed by atoms with Crippen LogP contribution in [0.3, 0.4) is 0 Å². The normalized spacial score (nSPS) is 37.6. The molecule has 1 N–H and O–H groups in total. The molecule has 1 saturated carbocycles. The molecule has 1 aromatic carbocycles. The maximum absolute atomic E-state index is 12.0. The van der Waals surface area contributed by atoms with Gasteiger partial charge in [0.15, 0.2) is 12.0 Å². The predicted molar refractivity (Wildman–Crippen MR) is 79.0 cm³/mol. The molecule has 0 spiro atoms. The summed E-state index contributed by atoms with van der Waals surface area (Å²) < 4.78 is 5.78. The molecule has 0 bridgehead atoms. The van der Waals surface area contributed by atoms with Crippen LogP contribution < -0.4 is 5.32 Å². The van der Waals surface area contributed by atoms with Gasteiger partial charge in [-0.05, 0) is 23.5 Å². The van der Waals surface area contributed by atoms with Crippen LogP contribution in [0.4, 0.5) is 0 Å². The van der Waals surface area contributed by atoms with Crippen LogP contribution in [0.1, 0.15) is 25.8 Å². The fraction of sp³-hybridized carbons (Fsp3) is 0.438. The van der Waals surface area contributed by atoms with Crippen molar-refractivity contribution < 1.29 is 9.53 Å². The molecule has 4 unspecified atom stereocenters. The Labute approximate surface area is 124 Å². The molecule has 1 aromatic rings. The maximum Gasteiger partial charge on any atom is 0.289 e. The average Bonchev–Trinajstić information content (AvgIpc) is 2.78. The van der Waals surface area contributed by atoms with Crippen LogP contribution in [-0.2, 0) is 9.53 Å². The number of halogens is 1. The topological polar surface area (TPSA) is 38.3 Å². The molecule has 3 rings (SSSR count). The van der Waals surface area contributed by atoms with E-state index >= 15 is 0 Å². The van der Waals surface area contributed by atoms with E-state index in [1.165, 1.54) is 0 Å². The smallest absolute Gasteiger partial charge is 0.289 e. The van der Waals surface area contributed by atoms with Crippen molar-refractivity contribution in [3.05, 3.63) is 41.7 Å². The van der Waals surface area contributed by atoms with Crippen molar-refractivity contribution in [1.29, 1.82) is 0 Å². The highest BCUT2D eigenvalue weighted by Crippen LogP contribution is 2.60. The van der Waals surface area contributed by atoms with E-state index in [9.17, 15) is 4.79 Å². The van der Waals surface area contributed by atoms with E-state index in [1.54, 1.807) is 6.08 Å². The maximum atomic E-state index is 12.0. The molecule has 1 aliphatic carbocycles. The molecule has 2 fully saturated rings. The highest BCUT2D eigenvalue weighted by atomic mass is 35.5. The molecule has 1 saturated heterocycles. The average molecular weight is 292 g/mol. The summed E-state index contributed by atoms with van der Waals surface area (Å²) in [7, 11) is 0. The standard InChI is InChI=1S/C16H18ClNO2/c1-3-12-10(2)16(12,17)15-18-14(19)13(20-15)9-11-7-5-4-6-8-11/h4-10,12,15H,3H2,1-2H3,(H,18,19)/b13-9-. The monoisotopic (exact) mass is 291 g/mol. The van der Waals surface area contributed by atoms with Crippen molar-refractivity contribution in [1.82, 2.24) is 5.32 Å². The molecule has 1 aliphatic heterocycles. The molecule has 1 heterocycles. The first-order valence-corrected chi connectivity index (χ1v) is 7.38. The van der Waals surface area contributed by atoms with Crippen LogP contribution >= 0.6 is 11.6 Å². The van der Waals surface area contributed by atoms with Gasteiger partial charge >= 0.3 is 0 Å². The van der Waals surface area contributed by atoms with E-state index in [0.717, 1.165) is 12.0 Å². The summed E-state index contributed by atoms with van der Waals surface area (Å²) in [5.41, 5.74) is 0.942. The Morgan fingerprint density at radius 3 is 2.70 bits per heavy atom. The molecule has 2 aliphatic rings. The van der Waals surface area contributed by atoms with Gasteiger partial charge in [-0.3, -0.25) is 4.79 Å². The van der Waals surface area contributed by atoms with Crippen LogP contribution in [0.25, 0.3) is 6.08 Å². The van der Waals surface area contributed by atoms with Crippen LogP contribution in [0, 0.1) is 11.8 Å². The molecule has 0 radical (unpaired) electrons. The number of benzene rings is 1. The number of carbonyl (C=O) groups is 1. The first kappa shape index (κ1) is 13.5. The van der Waals surface area contributed by atoms with E-state index in [1.807, 2.05) is 30.3 Å². The van der Waals surface area contributed by atoms with Gasteiger partial charge in [0.25, 0.3) is 5.91 Å². The summed E-state index contributed by atoms with van der Waals surface area (Å²) in [6.07, 6.45) is 2.33. The first-order valence-electron chi connectivity index (χ1n) is 7.00. The second kappa shape index (κ2) is 4.81. The fourth-order valence-corrected chi connectivity index (χ4v) is 3.67. The van der Waals surface area contributed by atoms with Crippen LogP contribution in [0.15, 0.2) is 36.1 Å². The molecule has 1 amide bonds. The molecule has 4 heteroatoms. The van der Waals surface area contributed by atoms with E-state index in [4.69, 9.17) is 16.3 Å². The number of alkyl halides is 1. The van der Waals surface area contributed by atoms with Crippen molar-refractivity contribution in [3.63, 3.8) is 0 Å². The Kier molecular flexibility index (Phi) is 3.25. The number of amides is 1. The van der Waals surface area contributed by atoms with Crippen LogP contribution in [0.5, 0.6) is 0 Å². The van der Waals surface area contributed by atoms with Gasteiger partial charge in [-0.15, -0.1) is 11.6 Å². The zero-order valence-corrected chi connectivity index (χ0v) is 12.4. The number of rotatable bonds is 3. The van der Waals surface area contributed by atoms with E-state index in [2.05, 4.69) is 19.2 Å². The minimum Gasteiger partial charge on any atom is -0.463 e. The lowest BCUT2D eigenvalue weighted by Gasteiger charge is -2.17. The zero-order chi connectivity index (χ0) is 14.3. The van der Waals surface area contributed by atoms with Gasteiger partial charge in [0.05, 0.1) is 0 Å². The van der Waals surface area contributed by atoms with Gasteiger partial charge in [-0.25, -0.2) is 0 Å². The van der Waals surface area contributed by atoms with Crippen LogP contribution in [0.2, 0.25) is 0 Å². The Morgan fingerprint density at radius 1 is 1.40 bits per heavy atom. The van der Waals surface area contributed by atoms with Gasteiger partial charge in [0.2, 0.25) is 0 Å². The molecule has 3 nitrogen and oxygen atoms in total. The third kappa shape index (κ3) is 2.01. The summed E-state index contributed by atoms with van der Waals surface area (Å²) in [6.45, 7) is 4.22. The van der Waals surface area contributed by atoms with E-state index in [0.29, 0.717) is 17.6 Å². The van der Waals surface area contributed by atoms with Crippen molar-refractivity contribution >= 4 is 23.6 Å². The van der Waals surface area contributed by atoms with Crippen molar-refractivity contribution in [3.8, 4) is 0 Å². The lowest BCUT2D eigenvalue weighted by molar-refractivity contribution is -0.116. The van der Waals surface area contributed by atoms with Crippen molar-refractivity contribution in [2.24, 2.45) is 11.8 Å². The Morgan fingerprint density at radius 2 is 2.10 bits per heavy atom. The van der Waals surface area contributed by atoms with Gasteiger partial charge < -0.3 is 10.1 Å². The van der Waals surface area contributed by atoms with Gasteiger partial charge in [0, 0.05) is 0 Å². The van der Waals surface area contributed by atoms with E-state index < -0.39 is 11.1 Å². The van der Waals surface area contributed by atoms with Crippen molar-refractivity contribution in [2.75, 3.05) is 0 Å². The summed E-state index contributed by atoms with van der Waals surface area (Å²) >= 11 is 6.63. The third-order valence-electron chi connectivity index (χ3n) is 4.43. The second-order valence-corrected chi connectivity index (χ2v) is 6.18. The SMILES string of the molecule is CCC1C(C)C1(Cl)C1NC(=O)/C(=C/c2ccccc2)O1. The van der Waals surface area contributed by atoms with Gasteiger partial charge in [-0.2, -0.15) is 0 Å². The van der Waals surface area contributed by atoms with Crippen molar-refractivity contribution in [2.45, 2.75) is 31.4 Å². The number of hydrogen-bond donors (Lipinski definition) is 1. The number of carbonyl (C=O) groups excluding carboxylic acids is 1. The molecule has 106 valence electrons. The lowest BCUT2D eigenvalue weighted by Crippen LogP contribution is -2.38. The van der Waals surface area contributed by atoms with Gasteiger partial charge in [-0.1, -0.05) is 50.6 Å². The highest BCUT2D eigenvalue weighted by Gasteiger charge is 2.67. The van der Waals surface area contributed by atoms with E-state index in [-0.39, 0.29) is 5.91 Å². The Bertz CT molecular complexity index is 557. The lowest BCUT2D eigenvalue weighted by atomic mass is 10.2. The highest BCUT2D eigenvalue weighted by molar-refractivity contribution is 6.27. The molecule has 20 heavy (non-hydrogen) atoms. The van der Waals surface area contributed by atoms with Crippen LogP contribution in [-0.4, -0.2) is 17.0 Å². The molecular formula is C16H18ClNO2. The summed E-state index contributed by atoms with van der Waals surface area (Å²) in [4.78, 5) is 11.5. The fourth-order valence-electron chi connectivity index (χ4n) is 3.13. The summed E-state index contributed by atoms with van der Waals surface area (Å²) in [5, 5.41) is 2.86. The predicted octanol–water partition coefficient (Wildman–Crippen LogP) is 3.15. The molecule has 4 atom stereocenters. The molecule has 0 aromatic heterocycles. The minimum absolute atomic E-state index is 0.187.